The maximum atomic E-state index is 14.7. The van der Waals surface area contributed by atoms with Crippen molar-refractivity contribution in [3.63, 3.8) is 0 Å². The van der Waals surface area contributed by atoms with Crippen LogP contribution >= 0.6 is 0 Å². The van der Waals surface area contributed by atoms with Gasteiger partial charge in [0, 0.05) is 25.8 Å². The molecule has 2 aromatic rings. The Bertz CT molecular complexity index is 882. The summed E-state index contributed by atoms with van der Waals surface area (Å²) < 4.78 is 54.5. The standard InChI is InChI=1S/C22H22F4N2O/c23-16-9-19(27-12-16)21(29)28-20(13-4-2-1-3-5-13)14-6-7-17(18(24)8-14)15-10-22(25,26)11-15/h1-8,15-16,19-20,27H,9-12H2,(H,28,29). The lowest BCUT2D eigenvalue weighted by Gasteiger charge is -2.35. The third kappa shape index (κ3) is 4.29. The maximum Gasteiger partial charge on any atom is 0.249 e. The fourth-order valence-electron chi connectivity index (χ4n) is 4.07. The second kappa shape index (κ2) is 7.78. The summed E-state index contributed by atoms with van der Waals surface area (Å²) >= 11 is 0. The van der Waals surface area contributed by atoms with Gasteiger partial charge in [-0.25, -0.2) is 17.6 Å². The Balaban J connectivity index is 1.58. The molecular formula is C22H22F4N2O. The number of rotatable bonds is 5. The Kier molecular flexibility index (Phi) is 5.34. The molecule has 2 N–H and O–H groups in total. The van der Waals surface area contributed by atoms with Crippen molar-refractivity contribution in [2.24, 2.45) is 0 Å². The SMILES string of the molecule is O=C(NC(c1ccccc1)c1ccc(C2CC(F)(F)C2)c(F)c1)C1CC(F)CN1. The van der Waals surface area contributed by atoms with E-state index >= 15 is 0 Å². The van der Waals surface area contributed by atoms with Gasteiger partial charge in [0.05, 0.1) is 12.1 Å². The Morgan fingerprint density at radius 1 is 1.10 bits per heavy atom. The Hall–Kier alpha value is -2.41. The number of amides is 1. The fraction of sp³-hybridized carbons (Fsp3) is 0.409. The van der Waals surface area contributed by atoms with Crippen LogP contribution in [0.4, 0.5) is 17.6 Å². The van der Waals surface area contributed by atoms with Gasteiger partial charge >= 0.3 is 0 Å². The number of carbonyl (C=O) groups is 1. The van der Waals surface area contributed by atoms with Gasteiger partial charge in [-0.2, -0.15) is 0 Å². The lowest BCUT2D eigenvalue weighted by atomic mass is 9.76. The molecular weight excluding hydrogens is 384 g/mol. The topological polar surface area (TPSA) is 41.1 Å². The molecule has 1 amide bonds. The second-order valence-corrected chi connectivity index (χ2v) is 7.89. The molecule has 3 atom stereocenters. The molecule has 1 aliphatic carbocycles. The zero-order valence-electron chi connectivity index (χ0n) is 15.7. The highest BCUT2D eigenvalue weighted by molar-refractivity contribution is 5.83. The minimum absolute atomic E-state index is 0.0938. The molecule has 7 heteroatoms. The van der Waals surface area contributed by atoms with E-state index in [4.69, 9.17) is 0 Å². The summed E-state index contributed by atoms with van der Waals surface area (Å²) in [4.78, 5) is 12.6. The Morgan fingerprint density at radius 3 is 2.41 bits per heavy atom. The second-order valence-electron chi connectivity index (χ2n) is 7.89. The first kappa shape index (κ1) is 19.9. The molecule has 2 aliphatic rings. The minimum atomic E-state index is -2.72. The summed E-state index contributed by atoms with van der Waals surface area (Å²) in [6, 6.07) is 12.3. The molecule has 1 saturated heterocycles. The summed E-state index contributed by atoms with van der Waals surface area (Å²) in [5.41, 5.74) is 1.53. The molecule has 0 spiro atoms. The minimum Gasteiger partial charge on any atom is -0.344 e. The number of hydrogen-bond acceptors (Lipinski definition) is 2. The third-order valence-corrected chi connectivity index (χ3v) is 5.70. The molecule has 3 unspecified atom stereocenters. The Morgan fingerprint density at radius 2 is 1.83 bits per heavy atom. The number of alkyl halides is 3. The number of carbonyl (C=O) groups excluding carboxylic acids is 1. The quantitative estimate of drug-likeness (QED) is 0.730. The molecule has 1 heterocycles. The predicted molar refractivity (Wildman–Crippen MR) is 101 cm³/mol. The molecule has 3 nitrogen and oxygen atoms in total. The molecule has 0 radical (unpaired) electrons. The van der Waals surface area contributed by atoms with E-state index in [9.17, 15) is 22.4 Å². The van der Waals surface area contributed by atoms with Gasteiger partial charge in [0.2, 0.25) is 11.8 Å². The highest BCUT2D eigenvalue weighted by Crippen LogP contribution is 2.49. The van der Waals surface area contributed by atoms with Gasteiger partial charge in [-0.05, 0) is 28.7 Å². The van der Waals surface area contributed by atoms with Crippen LogP contribution in [0.2, 0.25) is 0 Å². The largest absolute Gasteiger partial charge is 0.344 e. The van der Waals surface area contributed by atoms with E-state index in [1.807, 2.05) is 18.2 Å². The highest BCUT2D eigenvalue weighted by atomic mass is 19.3. The zero-order chi connectivity index (χ0) is 20.6. The summed E-state index contributed by atoms with van der Waals surface area (Å²) in [5, 5.41) is 5.71. The summed E-state index contributed by atoms with van der Waals surface area (Å²) in [7, 11) is 0. The molecule has 0 aromatic heterocycles. The average Bonchev–Trinajstić information content (AvgIpc) is 3.11. The zero-order valence-corrected chi connectivity index (χ0v) is 15.7. The van der Waals surface area contributed by atoms with Gasteiger partial charge in [0.1, 0.15) is 12.0 Å². The lowest BCUT2D eigenvalue weighted by Crippen LogP contribution is -2.42. The summed E-state index contributed by atoms with van der Waals surface area (Å²) in [5.74, 6) is -4.13. The number of benzene rings is 2. The normalized spacial score (nSPS) is 24.7. The number of halogens is 4. The van der Waals surface area contributed by atoms with E-state index < -0.39 is 35.9 Å². The highest BCUT2D eigenvalue weighted by Gasteiger charge is 2.46. The maximum absolute atomic E-state index is 14.7. The lowest BCUT2D eigenvalue weighted by molar-refractivity contribution is -0.123. The van der Waals surface area contributed by atoms with Gasteiger partial charge in [0.25, 0.3) is 0 Å². The predicted octanol–water partition coefficient (Wildman–Crippen LogP) is 4.24. The van der Waals surface area contributed by atoms with Gasteiger partial charge in [-0.3, -0.25) is 4.79 Å². The molecule has 1 aliphatic heterocycles. The molecule has 154 valence electrons. The first-order valence-corrected chi connectivity index (χ1v) is 9.72. The van der Waals surface area contributed by atoms with Crippen molar-refractivity contribution in [3.05, 3.63) is 71.0 Å². The van der Waals surface area contributed by atoms with Crippen molar-refractivity contribution in [3.8, 4) is 0 Å². The van der Waals surface area contributed by atoms with E-state index in [0.29, 0.717) is 5.56 Å². The summed E-state index contributed by atoms with van der Waals surface area (Å²) in [6.07, 6.45) is -1.67. The van der Waals surface area contributed by atoms with E-state index in [0.717, 1.165) is 5.56 Å². The van der Waals surface area contributed by atoms with Crippen LogP contribution in [0, 0.1) is 5.82 Å². The van der Waals surface area contributed by atoms with Crippen LogP contribution in [0.3, 0.4) is 0 Å². The van der Waals surface area contributed by atoms with Crippen LogP contribution in [0.15, 0.2) is 48.5 Å². The molecule has 29 heavy (non-hydrogen) atoms. The van der Waals surface area contributed by atoms with Gasteiger partial charge < -0.3 is 10.6 Å². The van der Waals surface area contributed by atoms with Crippen molar-refractivity contribution in [1.29, 1.82) is 0 Å². The molecule has 2 aromatic carbocycles. The number of nitrogens with one attached hydrogen (secondary N) is 2. The van der Waals surface area contributed by atoms with E-state index in [1.165, 1.54) is 12.1 Å². The van der Waals surface area contributed by atoms with Gasteiger partial charge in [-0.15, -0.1) is 0 Å². The van der Waals surface area contributed by atoms with Crippen LogP contribution < -0.4 is 10.6 Å². The first-order valence-electron chi connectivity index (χ1n) is 9.72. The molecule has 0 bridgehead atoms. The molecule has 4 rings (SSSR count). The van der Waals surface area contributed by atoms with Crippen molar-refractivity contribution in [1.82, 2.24) is 10.6 Å². The van der Waals surface area contributed by atoms with Gasteiger partial charge in [0.15, 0.2) is 0 Å². The molecule has 2 fully saturated rings. The fourth-order valence-corrected chi connectivity index (χ4v) is 4.07. The van der Waals surface area contributed by atoms with E-state index in [2.05, 4.69) is 10.6 Å². The number of hydrogen-bond donors (Lipinski definition) is 2. The molecule has 1 saturated carbocycles. The van der Waals surface area contributed by atoms with Crippen LogP contribution in [0.5, 0.6) is 0 Å². The van der Waals surface area contributed by atoms with Crippen molar-refractivity contribution < 1.29 is 22.4 Å². The van der Waals surface area contributed by atoms with Gasteiger partial charge in [-0.1, -0.05) is 42.5 Å². The van der Waals surface area contributed by atoms with Crippen LogP contribution in [-0.4, -0.2) is 30.6 Å². The Labute approximate surface area is 166 Å². The average molecular weight is 406 g/mol. The van der Waals surface area contributed by atoms with E-state index in [1.54, 1.807) is 18.2 Å². The monoisotopic (exact) mass is 406 g/mol. The first-order chi connectivity index (χ1) is 13.8. The van der Waals surface area contributed by atoms with Crippen LogP contribution in [-0.2, 0) is 4.79 Å². The smallest absolute Gasteiger partial charge is 0.249 e. The van der Waals surface area contributed by atoms with Crippen molar-refractivity contribution in [2.45, 2.75) is 49.4 Å². The summed E-state index contributed by atoms with van der Waals surface area (Å²) in [6.45, 7) is 0.128. The third-order valence-electron chi connectivity index (χ3n) is 5.70. The van der Waals surface area contributed by atoms with Crippen molar-refractivity contribution >= 4 is 5.91 Å². The van der Waals surface area contributed by atoms with Crippen molar-refractivity contribution in [2.75, 3.05) is 6.54 Å². The van der Waals surface area contributed by atoms with E-state index in [-0.39, 0.29) is 37.3 Å². The van der Waals surface area contributed by atoms with Crippen LogP contribution in [0.1, 0.15) is 47.9 Å². The van der Waals surface area contributed by atoms with Crippen LogP contribution in [0.25, 0.3) is 0 Å².